The number of halogens is 1. The highest BCUT2D eigenvalue weighted by atomic mass is 19.1. The molecule has 0 radical (unpaired) electrons. The van der Waals surface area contributed by atoms with Crippen LogP contribution in [-0.2, 0) is 0 Å². The minimum atomic E-state index is -1.10. The lowest BCUT2D eigenvalue weighted by Crippen LogP contribution is -2.01. The first kappa shape index (κ1) is 11.1. The van der Waals surface area contributed by atoms with Crippen molar-refractivity contribution in [3.8, 4) is 0 Å². The zero-order valence-electron chi connectivity index (χ0n) is 8.72. The molecule has 0 aliphatic heterocycles. The van der Waals surface area contributed by atoms with E-state index in [4.69, 9.17) is 5.11 Å². The van der Waals surface area contributed by atoms with Gasteiger partial charge in [0.15, 0.2) is 0 Å². The van der Waals surface area contributed by atoms with Gasteiger partial charge in [0.1, 0.15) is 11.6 Å². The average Bonchev–Trinajstić information content (AvgIpc) is 2.33. The number of benzene rings is 1. The van der Waals surface area contributed by atoms with Crippen molar-refractivity contribution < 1.29 is 14.3 Å². The lowest BCUT2D eigenvalue weighted by atomic mass is 10.2. The van der Waals surface area contributed by atoms with E-state index >= 15 is 0 Å². The number of aromatic nitrogens is 1. The standard InChI is InChI=1S/C12H9FN2O2/c13-9-5-4-8(12(16)17)7-10(9)15-11-3-1-2-6-14-11/h1-7H,(H,14,15)(H,16,17). The third-order valence-electron chi connectivity index (χ3n) is 2.14. The zero-order chi connectivity index (χ0) is 12.3. The molecule has 0 unspecified atom stereocenters. The van der Waals surface area contributed by atoms with E-state index in [9.17, 15) is 9.18 Å². The van der Waals surface area contributed by atoms with Gasteiger partial charge in [-0.2, -0.15) is 0 Å². The summed E-state index contributed by atoms with van der Waals surface area (Å²) in [5, 5.41) is 11.5. The van der Waals surface area contributed by atoms with E-state index in [2.05, 4.69) is 10.3 Å². The Bertz CT molecular complexity index is 543. The summed E-state index contributed by atoms with van der Waals surface area (Å²) in [6.07, 6.45) is 1.56. The third-order valence-corrected chi connectivity index (χ3v) is 2.14. The minimum absolute atomic E-state index is 0.0184. The number of carboxylic acids is 1. The van der Waals surface area contributed by atoms with Crippen molar-refractivity contribution in [1.29, 1.82) is 0 Å². The second-order valence-corrected chi connectivity index (χ2v) is 3.34. The molecule has 0 bridgehead atoms. The highest BCUT2D eigenvalue weighted by molar-refractivity contribution is 5.89. The van der Waals surface area contributed by atoms with E-state index in [-0.39, 0.29) is 11.3 Å². The number of carboxylic acid groups (broad SMARTS) is 1. The average molecular weight is 232 g/mol. The Hall–Kier alpha value is -2.43. The molecule has 2 aromatic rings. The van der Waals surface area contributed by atoms with Crippen LogP contribution in [0.4, 0.5) is 15.9 Å². The first-order valence-corrected chi connectivity index (χ1v) is 4.88. The molecule has 1 aromatic heterocycles. The van der Waals surface area contributed by atoms with Crippen LogP contribution in [0.2, 0.25) is 0 Å². The molecule has 0 aliphatic carbocycles. The topological polar surface area (TPSA) is 62.2 Å². The van der Waals surface area contributed by atoms with Crippen LogP contribution in [0.3, 0.4) is 0 Å². The molecule has 1 aromatic carbocycles. The van der Waals surface area contributed by atoms with Crippen LogP contribution in [0.5, 0.6) is 0 Å². The maximum atomic E-state index is 13.4. The highest BCUT2D eigenvalue weighted by Crippen LogP contribution is 2.19. The number of anilines is 2. The van der Waals surface area contributed by atoms with Gasteiger partial charge in [-0.3, -0.25) is 0 Å². The number of aromatic carboxylic acids is 1. The number of rotatable bonds is 3. The van der Waals surface area contributed by atoms with Crippen LogP contribution in [-0.4, -0.2) is 16.1 Å². The van der Waals surface area contributed by atoms with Crippen molar-refractivity contribution in [2.75, 3.05) is 5.32 Å². The maximum absolute atomic E-state index is 13.4. The van der Waals surface area contributed by atoms with Crippen molar-refractivity contribution in [3.63, 3.8) is 0 Å². The van der Waals surface area contributed by atoms with Gasteiger partial charge in [0.05, 0.1) is 11.3 Å². The number of nitrogens with one attached hydrogen (secondary N) is 1. The first-order valence-electron chi connectivity index (χ1n) is 4.88. The second-order valence-electron chi connectivity index (χ2n) is 3.34. The van der Waals surface area contributed by atoms with E-state index in [0.717, 1.165) is 6.07 Å². The molecule has 0 spiro atoms. The van der Waals surface area contributed by atoms with Crippen LogP contribution in [0.15, 0.2) is 42.6 Å². The normalized spacial score (nSPS) is 9.94. The predicted octanol–water partition coefficient (Wildman–Crippen LogP) is 2.66. The Morgan fingerprint density at radius 1 is 1.29 bits per heavy atom. The minimum Gasteiger partial charge on any atom is -0.478 e. The monoisotopic (exact) mass is 232 g/mol. The number of carbonyl (C=O) groups is 1. The van der Waals surface area contributed by atoms with Crippen molar-refractivity contribution in [1.82, 2.24) is 4.98 Å². The van der Waals surface area contributed by atoms with Gasteiger partial charge in [-0.1, -0.05) is 6.07 Å². The van der Waals surface area contributed by atoms with Gasteiger partial charge in [0.25, 0.3) is 0 Å². The van der Waals surface area contributed by atoms with Crippen molar-refractivity contribution in [2.24, 2.45) is 0 Å². The molecule has 86 valence electrons. The van der Waals surface area contributed by atoms with Gasteiger partial charge in [-0.25, -0.2) is 14.2 Å². The molecular formula is C12H9FN2O2. The fraction of sp³-hybridized carbons (Fsp3) is 0. The van der Waals surface area contributed by atoms with Crippen LogP contribution in [0.25, 0.3) is 0 Å². The molecule has 0 fully saturated rings. The largest absolute Gasteiger partial charge is 0.478 e. The molecule has 17 heavy (non-hydrogen) atoms. The molecule has 0 amide bonds. The van der Waals surface area contributed by atoms with Gasteiger partial charge in [0, 0.05) is 6.20 Å². The lowest BCUT2D eigenvalue weighted by Gasteiger charge is -2.07. The van der Waals surface area contributed by atoms with E-state index < -0.39 is 11.8 Å². The van der Waals surface area contributed by atoms with E-state index in [1.807, 2.05) is 0 Å². The molecule has 0 saturated carbocycles. The van der Waals surface area contributed by atoms with Crippen LogP contribution in [0.1, 0.15) is 10.4 Å². The summed E-state index contributed by atoms with van der Waals surface area (Å²) in [6, 6.07) is 8.68. The smallest absolute Gasteiger partial charge is 0.335 e. The predicted molar refractivity (Wildman–Crippen MR) is 60.9 cm³/mol. The van der Waals surface area contributed by atoms with Gasteiger partial charge in [-0.15, -0.1) is 0 Å². The molecule has 5 heteroatoms. The Morgan fingerprint density at radius 3 is 2.76 bits per heavy atom. The zero-order valence-corrected chi connectivity index (χ0v) is 8.72. The Morgan fingerprint density at radius 2 is 2.12 bits per heavy atom. The van der Waals surface area contributed by atoms with Crippen molar-refractivity contribution in [3.05, 3.63) is 54.0 Å². The molecule has 2 rings (SSSR count). The van der Waals surface area contributed by atoms with Gasteiger partial charge < -0.3 is 10.4 Å². The Kier molecular flexibility index (Phi) is 3.00. The second kappa shape index (κ2) is 4.61. The molecular weight excluding hydrogens is 223 g/mol. The summed E-state index contributed by atoms with van der Waals surface area (Å²) < 4.78 is 13.4. The van der Waals surface area contributed by atoms with Crippen LogP contribution >= 0.6 is 0 Å². The molecule has 2 N–H and O–H groups in total. The fourth-order valence-corrected chi connectivity index (χ4v) is 1.33. The van der Waals surface area contributed by atoms with Gasteiger partial charge in [0.2, 0.25) is 0 Å². The molecule has 0 saturated heterocycles. The summed E-state index contributed by atoms with van der Waals surface area (Å²) in [5.74, 6) is -1.18. The summed E-state index contributed by atoms with van der Waals surface area (Å²) >= 11 is 0. The molecule has 1 heterocycles. The van der Waals surface area contributed by atoms with E-state index in [1.54, 1.807) is 24.4 Å². The first-order chi connectivity index (χ1) is 8.16. The third kappa shape index (κ3) is 2.57. The molecule has 4 nitrogen and oxygen atoms in total. The van der Waals surface area contributed by atoms with E-state index in [1.165, 1.54) is 12.1 Å². The summed E-state index contributed by atoms with van der Waals surface area (Å²) in [7, 11) is 0. The summed E-state index contributed by atoms with van der Waals surface area (Å²) in [4.78, 5) is 14.7. The van der Waals surface area contributed by atoms with Crippen molar-refractivity contribution >= 4 is 17.5 Å². The Balaban J connectivity index is 2.32. The fourth-order valence-electron chi connectivity index (χ4n) is 1.33. The number of hydrogen-bond donors (Lipinski definition) is 2. The lowest BCUT2D eigenvalue weighted by molar-refractivity contribution is 0.0697. The van der Waals surface area contributed by atoms with Gasteiger partial charge >= 0.3 is 5.97 Å². The van der Waals surface area contributed by atoms with Crippen LogP contribution in [0, 0.1) is 5.82 Å². The maximum Gasteiger partial charge on any atom is 0.335 e. The SMILES string of the molecule is O=C(O)c1ccc(F)c(Nc2ccccn2)c1. The Labute approximate surface area is 96.7 Å². The number of hydrogen-bond acceptors (Lipinski definition) is 3. The molecule has 0 aliphatic rings. The van der Waals surface area contributed by atoms with Crippen LogP contribution < -0.4 is 5.32 Å². The van der Waals surface area contributed by atoms with Crippen molar-refractivity contribution in [2.45, 2.75) is 0 Å². The summed E-state index contributed by atoms with van der Waals surface area (Å²) in [6.45, 7) is 0. The quantitative estimate of drug-likeness (QED) is 0.853. The van der Waals surface area contributed by atoms with Gasteiger partial charge in [-0.05, 0) is 30.3 Å². The van der Waals surface area contributed by atoms with E-state index in [0.29, 0.717) is 5.82 Å². The summed E-state index contributed by atoms with van der Waals surface area (Å²) in [5.41, 5.74) is 0.105. The highest BCUT2D eigenvalue weighted by Gasteiger charge is 2.08. The number of pyridine rings is 1. The molecule has 0 atom stereocenters. The number of nitrogens with zero attached hydrogens (tertiary/aromatic N) is 1.